The topological polar surface area (TPSA) is 319 Å². The molecule has 4 aliphatic rings. The smallest absolute Gasteiger partial charge is 0.412 e. The first-order chi connectivity index (χ1) is 38.8. The van der Waals surface area contributed by atoms with E-state index in [9.17, 15) is 48.6 Å². The molecule has 10 N–H and O–H groups in total. The summed E-state index contributed by atoms with van der Waals surface area (Å²) >= 11 is 6.83. The zero-order valence-corrected chi connectivity index (χ0v) is 48.2. The van der Waals surface area contributed by atoms with Crippen molar-refractivity contribution in [2.24, 2.45) is 28.9 Å². The molecule has 2 aromatic rings. The minimum Gasteiger partial charge on any atom is -0.495 e. The maximum absolute atomic E-state index is 16.0. The molecular weight excluding hydrogens is 1090 g/mol. The van der Waals surface area contributed by atoms with Crippen molar-refractivity contribution in [3.63, 3.8) is 0 Å². The number of amides is 9. The van der Waals surface area contributed by atoms with Crippen LogP contribution in [0.1, 0.15) is 98.0 Å². The maximum Gasteiger partial charge on any atom is 0.412 e. The molecule has 448 valence electrons. The Labute approximate surface area is 481 Å². The van der Waals surface area contributed by atoms with Gasteiger partial charge >= 0.3 is 18.2 Å². The standard InChI is InChI=1S/C57H77ClFN9O14/c1-31(2)50(65-45(69)17-10-9-11-23-68-46(70)20-21-47(68)71)52(74)63-39(15-13-22-61-53(60)75)51(73)62-35-18-19-38(37(59)27-35)64-54(76)82-44-28-48(72)67(6)40-25-34(26-41(79-7)49(40)58)24-32(3)14-12-16-43(80-8)57(78)30-42(81-55(77)66-57)33(4)36-29-56(36,44)5/h12,14,16,18-21,25-27,31,33,36,39,42-44,46,50,70,78H,9-11,13,15,17,22-24,28-30H2,1-8H3,(H,62,73)(H,63,74)(H,64,76)(H,65,69)(H,66,77)(H3,60,61,75)/b16-12+,32-14+/t33-,36-,39-,42-,43+,44-,46?,50-,56+,57-/m0/s1. The Morgan fingerprint density at radius 1 is 1.00 bits per heavy atom. The number of unbranched alkanes of at least 4 members (excludes halogenated alkanes) is 2. The number of anilines is 3. The van der Waals surface area contributed by atoms with E-state index in [1.165, 1.54) is 55.4 Å². The molecule has 10 atom stereocenters. The first kappa shape index (κ1) is 63.9. The molecular formula is C57H77ClFN9O14. The highest BCUT2D eigenvalue weighted by atomic mass is 35.5. The molecule has 1 saturated heterocycles. The molecule has 0 spiro atoms. The van der Waals surface area contributed by atoms with Gasteiger partial charge in [0.15, 0.2) is 5.72 Å². The SMILES string of the molecule is COc1cc2cc(c1Cl)N(C)C(=O)C[C@H](OC(=O)Nc1ccc(NC(=O)[C@H](CCCNC(N)=O)NC(=O)[C@@H](NC(=O)CCCCCN3C(=O)C=CC3O)C(C)C)cc1F)[C@]1(C)C[C@H]1[C@H](C)[C@@H]1C[C@@](O)(NC(=O)O1)[C@H](OC)/C=C/C=C(\C)C2. The molecule has 25 heteroatoms. The molecule has 4 bridgehead atoms. The summed E-state index contributed by atoms with van der Waals surface area (Å²) in [4.78, 5) is 108. The van der Waals surface area contributed by atoms with Crippen LogP contribution in [0.15, 0.2) is 66.3 Å². The molecule has 3 heterocycles. The number of carbonyl (C=O) groups excluding carboxylic acids is 8. The van der Waals surface area contributed by atoms with Crippen LogP contribution in [0.5, 0.6) is 5.75 Å². The molecule has 0 radical (unpaired) electrons. The third-order valence-corrected chi connectivity index (χ3v) is 15.9. The van der Waals surface area contributed by atoms with E-state index in [0.29, 0.717) is 50.1 Å². The van der Waals surface area contributed by atoms with Crippen molar-refractivity contribution in [1.29, 1.82) is 0 Å². The number of nitrogens with zero attached hydrogens (tertiary/aromatic N) is 2. The maximum atomic E-state index is 16.0. The number of ether oxygens (including phenoxy) is 4. The second-order valence-electron chi connectivity index (χ2n) is 22.0. The third kappa shape index (κ3) is 16.5. The lowest BCUT2D eigenvalue weighted by Gasteiger charge is -2.42. The quantitative estimate of drug-likeness (QED) is 0.0722. The van der Waals surface area contributed by atoms with Crippen molar-refractivity contribution in [2.75, 3.05) is 49.9 Å². The highest BCUT2D eigenvalue weighted by molar-refractivity contribution is 6.35. The van der Waals surface area contributed by atoms with Crippen molar-refractivity contribution < 1.29 is 71.9 Å². The summed E-state index contributed by atoms with van der Waals surface area (Å²) in [7, 11) is 4.39. The lowest BCUT2D eigenvalue weighted by Crippen LogP contribution is -2.63. The van der Waals surface area contributed by atoms with Crippen LogP contribution in [0.25, 0.3) is 0 Å². The number of fused-ring (bicyclic) bond motifs is 5. The number of alkyl carbamates (subject to hydrolysis) is 1. The summed E-state index contributed by atoms with van der Waals surface area (Å²) in [6.45, 7) is 9.33. The second-order valence-corrected chi connectivity index (χ2v) is 22.4. The Kier molecular flexibility index (Phi) is 21.9. The Balaban J connectivity index is 1.16. The van der Waals surface area contributed by atoms with Gasteiger partial charge < -0.3 is 66.0 Å². The molecule has 23 nitrogen and oxygen atoms in total. The monoisotopic (exact) mass is 1170 g/mol. The van der Waals surface area contributed by atoms with Crippen LogP contribution < -0.4 is 47.3 Å². The number of methoxy groups -OCH3 is 2. The summed E-state index contributed by atoms with van der Waals surface area (Å²) in [6.07, 6.45) is 4.01. The van der Waals surface area contributed by atoms with E-state index < -0.39 is 107 Å². The first-order valence-electron chi connectivity index (χ1n) is 27.4. The average molecular weight is 1170 g/mol. The number of allylic oxidation sites excluding steroid dienone is 3. The minimum atomic E-state index is -1.88. The number of nitrogens with two attached hydrogens (primary N) is 1. The highest BCUT2D eigenvalue weighted by Crippen LogP contribution is 2.61. The minimum absolute atomic E-state index is 0.0195. The molecule has 3 aliphatic heterocycles. The number of nitrogens with one attached hydrogen (secondary N) is 6. The van der Waals surface area contributed by atoms with Gasteiger partial charge in [-0.1, -0.05) is 69.5 Å². The largest absolute Gasteiger partial charge is 0.495 e. The van der Waals surface area contributed by atoms with Gasteiger partial charge in [-0.25, -0.2) is 18.8 Å². The predicted molar refractivity (Wildman–Crippen MR) is 302 cm³/mol. The van der Waals surface area contributed by atoms with E-state index in [4.69, 9.17) is 36.3 Å². The second kappa shape index (κ2) is 28.1. The number of benzene rings is 2. The van der Waals surface area contributed by atoms with E-state index in [0.717, 1.165) is 17.2 Å². The number of aliphatic hydroxyl groups is 2. The normalized spacial score (nSPS) is 26.2. The molecule has 9 amide bonds. The van der Waals surface area contributed by atoms with Crippen LogP contribution in [0.4, 0.5) is 35.8 Å². The summed E-state index contributed by atoms with van der Waals surface area (Å²) in [6, 6.07) is 3.80. The zero-order valence-electron chi connectivity index (χ0n) is 47.5. The fourth-order valence-electron chi connectivity index (χ4n) is 10.7. The number of halogens is 2. The third-order valence-electron chi connectivity index (χ3n) is 15.6. The highest BCUT2D eigenvalue weighted by Gasteiger charge is 2.62. The molecule has 2 fully saturated rings. The van der Waals surface area contributed by atoms with Crippen LogP contribution in [-0.4, -0.2) is 140 Å². The van der Waals surface area contributed by atoms with Gasteiger partial charge in [-0.2, -0.15) is 0 Å². The number of hydrogen-bond acceptors (Lipinski definition) is 14. The van der Waals surface area contributed by atoms with Gasteiger partial charge in [0.2, 0.25) is 29.5 Å². The summed E-state index contributed by atoms with van der Waals surface area (Å²) in [5, 5.41) is 37.3. The van der Waals surface area contributed by atoms with Gasteiger partial charge in [-0.15, -0.1) is 0 Å². The Hall–Kier alpha value is -7.28. The molecule has 2 aromatic carbocycles. The van der Waals surface area contributed by atoms with Gasteiger partial charge in [0.25, 0.3) is 0 Å². The predicted octanol–water partition coefficient (Wildman–Crippen LogP) is 5.67. The van der Waals surface area contributed by atoms with Crippen LogP contribution in [0.2, 0.25) is 5.02 Å². The van der Waals surface area contributed by atoms with Gasteiger partial charge in [0.1, 0.15) is 53.2 Å². The Morgan fingerprint density at radius 3 is 2.40 bits per heavy atom. The lowest BCUT2D eigenvalue weighted by molar-refractivity contribution is -0.143. The number of urea groups is 1. The molecule has 6 rings (SSSR count). The molecule has 1 saturated carbocycles. The van der Waals surface area contributed by atoms with Gasteiger partial charge in [0, 0.05) is 57.3 Å². The van der Waals surface area contributed by atoms with Gasteiger partial charge in [-0.05, 0) is 105 Å². The van der Waals surface area contributed by atoms with E-state index >= 15 is 4.39 Å². The fraction of sp³-hybridized carbons (Fsp3) is 0.544. The van der Waals surface area contributed by atoms with Crippen molar-refractivity contribution in [1.82, 2.24) is 26.2 Å². The van der Waals surface area contributed by atoms with E-state index in [1.54, 1.807) is 38.1 Å². The van der Waals surface area contributed by atoms with Crippen molar-refractivity contribution in [2.45, 2.75) is 141 Å². The van der Waals surface area contributed by atoms with Gasteiger partial charge in [-0.3, -0.25) is 34.6 Å². The summed E-state index contributed by atoms with van der Waals surface area (Å²) in [5.41, 5.74) is 3.95. The van der Waals surface area contributed by atoms with E-state index in [2.05, 4.69) is 31.9 Å². The zero-order chi connectivity index (χ0) is 60.2. The first-order valence-corrected chi connectivity index (χ1v) is 27.7. The van der Waals surface area contributed by atoms with Crippen molar-refractivity contribution in [3.05, 3.63) is 82.7 Å². The molecule has 82 heavy (non-hydrogen) atoms. The van der Waals surface area contributed by atoms with Gasteiger partial charge in [0.05, 0.1) is 24.9 Å². The molecule has 0 aromatic heterocycles. The van der Waals surface area contributed by atoms with E-state index in [1.807, 2.05) is 26.8 Å². The number of hydrogen-bond donors (Lipinski definition) is 9. The van der Waals surface area contributed by atoms with Crippen molar-refractivity contribution in [3.8, 4) is 5.75 Å². The molecule has 1 aliphatic carbocycles. The Morgan fingerprint density at radius 2 is 1.74 bits per heavy atom. The summed E-state index contributed by atoms with van der Waals surface area (Å²) in [5.74, 6) is -4.56. The van der Waals surface area contributed by atoms with Crippen LogP contribution in [0.3, 0.4) is 0 Å². The van der Waals surface area contributed by atoms with Crippen LogP contribution >= 0.6 is 11.6 Å². The fourth-order valence-corrected chi connectivity index (χ4v) is 11.0. The average Bonchev–Trinajstić information content (AvgIpc) is 2.00. The van der Waals surface area contributed by atoms with E-state index in [-0.39, 0.29) is 66.9 Å². The van der Waals surface area contributed by atoms with Crippen molar-refractivity contribution >= 4 is 76.4 Å². The number of rotatable bonds is 20. The number of primary amides is 1. The molecule has 1 unspecified atom stereocenters. The summed E-state index contributed by atoms with van der Waals surface area (Å²) < 4.78 is 39.2. The van der Waals surface area contributed by atoms with Crippen LogP contribution in [0, 0.1) is 29.0 Å². The lowest BCUT2D eigenvalue weighted by atomic mass is 9.83. The number of carbonyl (C=O) groups is 8. The Bertz CT molecular complexity index is 2820. The van der Waals surface area contributed by atoms with Crippen LogP contribution in [-0.2, 0) is 44.6 Å². The number of aliphatic hydroxyl groups excluding tert-OH is 1.